The lowest BCUT2D eigenvalue weighted by molar-refractivity contribution is 0.474. The number of hydrogen-bond acceptors (Lipinski definition) is 3. The van der Waals surface area contributed by atoms with E-state index in [4.69, 9.17) is 0 Å². The van der Waals surface area contributed by atoms with Crippen LogP contribution in [0.4, 0.5) is 0 Å². The van der Waals surface area contributed by atoms with Crippen LogP contribution < -0.4 is 0 Å². The third-order valence-electron chi connectivity index (χ3n) is 2.42. The summed E-state index contributed by atoms with van der Waals surface area (Å²) >= 11 is 0. The lowest BCUT2D eigenvalue weighted by Gasteiger charge is -2.03. The quantitative estimate of drug-likeness (QED) is 0.623. The molecule has 1 N–H and O–H groups in total. The van der Waals surface area contributed by atoms with Gasteiger partial charge in [-0.1, -0.05) is 12.1 Å². The van der Waals surface area contributed by atoms with Crippen LogP contribution in [-0.2, 0) is 0 Å². The topological polar surface area (TPSA) is 45.0 Å². The normalized spacial score (nSPS) is 18.1. The Hall–Kier alpha value is -1.64. The van der Waals surface area contributed by atoms with E-state index >= 15 is 0 Å². The van der Waals surface area contributed by atoms with Crippen LogP contribution in [0.2, 0.25) is 0 Å². The second-order valence-electron chi connectivity index (χ2n) is 3.66. The van der Waals surface area contributed by atoms with Crippen LogP contribution in [0.15, 0.2) is 34.5 Å². The monoisotopic (exact) mass is 225 g/mol. The molecule has 2 rings (SSSR count). The molecule has 1 fully saturated rings. The molecule has 0 aromatic heterocycles. The molecule has 0 atom stereocenters. The van der Waals surface area contributed by atoms with Crippen molar-refractivity contribution in [2.75, 3.05) is 0 Å². The number of hydrogen-bond donors (Lipinski definition) is 1. The van der Waals surface area contributed by atoms with E-state index in [2.05, 4.69) is 10.2 Å². The van der Waals surface area contributed by atoms with Gasteiger partial charge in [0.15, 0.2) is 0 Å². The zero-order valence-corrected chi connectivity index (χ0v) is 9.54. The Morgan fingerprint density at radius 3 is 2.59 bits per heavy atom. The minimum absolute atomic E-state index is 0.206. The van der Waals surface area contributed by atoms with Crippen molar-refractivity contribution in [2.24, 2.45) is 10.2 Å². The van der Waals surface area contributed by atoms with Gasteiger partial charge in [-0.25, -0.2) is 0 Å². The molecule has 0 amide bonds. The fraction of sp³-hybridized carbons (Fsp3) is 0.0714. The van der Waals surface area contributed by atoms with Gasteiger partial charge in [-0.15, -0.1) is 0 Å². The number of rotatable bonds is 3. The summed E-state index contributed by atoms with van der Waals surface area (Å²) in [5.41, 5.74) is 1.51. The Kier molecular flexibility index (Phi) is 3.91. The van der Waals surface area contributed by atoms with Crippen molar-refractivity contribution >= 4 is 11.9 Å². The van der Waals surface area contributed by atoms with Gasteiger partial charge in [-0.3, -0.25) is 0 Å². The fourth-order valence-electron chi connectivity index (χ4n) is 1.45. The van der Waals surface area contributed by atoms with E-state index in [0.717, 1.165) is 11.6 Å². The van der Waals surface area contributed by atoms with Crippen molar-refractivity contribution in [1.82, 2.24) is 0 Å². The first kappa shape index (κ1) is 11.8. The second-order valence-corrected chi connectivity index (χ2v) is 3.66. The van der Waals surface area contributed by atoms with Gasteiger partial charge in [-0.2, -0.15) is 10.2 Å². The molecule has 0 saturated heterocycles. The van der Waals surface area contributed by atoms with Crippen LogP contribution in [-0.4, -0.2) is 17.0 Å². The van der Waals surface area contributed by atoms with Gasteiger partial charge >= 0.3 is 0 Å². The molecule has 1 aliphatic carbocycles. The van der Waals surface area contributed by atoms with Crippen LogP contribution in [0.1, 0.15) is 12.5 Å². The smallest absolute Gasteiger partial charge is 0.124 e. The first-order valence-corrected chi connectivity index (χ1v) is 5.35. The number of para-hydroxylation sites is 1. The summed E-state index contributed by atoms with van der Waals surface area (Å²) in [6, 6.07) is 7.02. The fourth-order valence-corrected chi connectivity index (χ4v) is 1.45. The van der Waals surface area contributed by atoms with Crippen molar-refractivity contribution < 1.29 is 5.11 Å². The van der Waals surface area contributed by atoms with Crippen LogP contribution in [0.25, 0.3) is 0 Å². The maximum atomic E-state index is 9.52. The van der Waals surface area contributed by atoms with E-state index in [-0.39, 0.29) is 5.75 Å². The van der Waals surface area contributed by atoms with Crippen molar-refractivity contribution in [1.29, 1.82) is 0 Å². The maximum Gasteiger partial charge on any atom is 0.124 e. The molecular weight excluding hydrogens is 212 g/mol. The Morgan fingerprint density at radius 2 is 1.88 bits per heavy atom. The highest BCUT2D eigenvalue weighted by atomic mass is 16.3. The standard InChI is InChI=1S/C14H13N2O/c1-11(12-6-2-3-7-12)16-15-10-13-8-4-5-9-14(13)17/h2-10,17H,1H3/b15-10+,16-11+. The first-order chi connectivity index (χ1) is 8.27. The van der Waals surface area contributed by atoms with Crippen molar-refractivity contribution in [2.45, 2.75) is 6.92 Å². The van der Waals surface area contributed by atoms with E-state index < -0.39 is 0 Å². The van der Waals surface area contributed by atoms with Gasteiger partial charge in [0.05, 0.1) is 6.21 Å². The average Bonchev–Trinajstić information content (AvgIpc) is 2.85. The van der Waals surface area contributed by atoms with Gasteiger partial charge in [0.2, 0.25) is 0 Å². The zero-order chi connectivity index (χ0) is 12.1. The molecule has 1 aromatic carbocycles. The number of phenolic OH excluding ortho intramolecular Hbond substituents is 1. The Bertz CT molecular complexity index is 432. The largest absolute Gasteiger partial charge is 0.507 e. The van der Waals surface area contributed by atoms with Crippen molar-refractivity contribution in [3.63, 3.8) is 0 Å². The summed E-state index contributed by atoms with van der Waals surface area (Å²) in [5.74, 6) is 1.26. The van der Waals surface area contributed by atoms with Crippen molar-refractivity contribution in [3.05, 3.63) is 61.4 Å². The maximum absolute atomic E-state index is 9.52. The SMILES string of the molecule is C/C(=N\N=C\c1ccccc1O)[C]1[CH][CH][CH][CH]1. The van der Waals surface area contributed by atoms with E-state index in [1.54, 1.807) is 24.4 Å². The molecule has 3 nitrogen and oxygen atoms in total. The molecule has 1 saturated carbocycles. The average molecular weight is 225 g/mol. The summed E-state index contributed by atoms with van der Waals surface area (Å²) < 4.78 is 0. The van der Waals surface area contributed by atoms with Crippen LogP contribution in [0.5, 0.6) is 5.75 Å². The minimum Gasteiger partial charge on any atom is -0.507 e. The number of aromatic hydroxyl groups is 1. The highest BCUT2D eigenvalue weighted by molar-refractivity contribution is 6.00. The Morgan fingerprint density at radius 1 is 1.18 bits per heavy atom. The number of nitrogens with zero attached hydrogens (tertiary/aromatic N) is 2. The van der Waals surface area contributed by atoms with Gasteiger partial charge in [0.25, 0.3) is 0 Å². The first-order valence-electron chi connectivity index (χ1n) is 5.35. The lowest BCUT2D eigenvalue weighted by Crippen LogP contribution is -2.04. The molecule has 0 unspecified atom stereocenters. The molecular formula is C14H13N2O. The predicted octanol–water partition coefficient (Wildman–Crippen LogP) is 2.59. The zero-order valence-electron chi connectivity index (χ0n) is 9.54. The van der Waals surface area contributed by atoms with Crippen molar-refractivity contribution in [3.8, 4) is 5.75 Å². The third kappa shape index (κ3) is 3.16. The highest BCUT2D eigenvalue weighted by Crippen LogP contribution is 2.24. The molecule has 1 aliphatic rings. The van der Waals surface area contributed by atoms with Gasteiger partial charge in [-0.05, 0) is 44.7 Å². The molecule has 0 aliphatic heterocycles. The molecule has 0 bridgehead atoms. The summed E-state index contributed by atoms with van der Waals surface area (Å²) in [6.07, 6.45) is 9.42. The van der Waals surface area contributed by atoms with Crippen LogP contribution in [0, 0.1) is 31.6 Å². The second kappa shape index (κ2) is 5.62. The molecule has 5 radical (unpaired) electrons. The summed E-state index contributed by atoms with van der Waals surface area (Å²) in [7, 11) is 0. The lowest BCUT2D eigenvalue weighted by atomic mass is 10.0. The minimum atomic E-state index is 0.206. The number of phenols is 1. The molecule has 3 heteroatoms. The number of benzene rings is 1. The Labute approximate surface area is 102 Å². The molecule has 0 spiro atoms. The molecule has 1 aromatic rings. The third-order valence-corrected chi connectivity index (χ3v) is 2.42. The predicted molar refractivity (Wildman–Crippen MR) is 69.3 cm³/mol. The van der Waals surface area contributed by atoms with Crippen LogP contribution in [0.3, 0.4) is 0 Å². The Balaban J connectivity index is 2.01. The summed E-state index contributed by atoms with van der Waals surface area (Å²) in [4.78, 5) is 0. The van der Waals surface area contributed by atoms with Gasteiger partial charge in [0, 0.05) is 17.2 Å². The van der Waals surface area contributed by atoms with Crippen LogP contribution >= 0.6 is 0 Å². The van der Waals surface area contributed by atoms with E-state index in [0.29, 0.717) is 5.56 Å². The van der Waals surface area contributed by atoms with E-state index in [1.165, 1.54) is 0 Å². The molecule has 0 heterocycles. The summed E-state index contributed by atoms with van der Waals surface area (Å²) in [5, 5.41) is 17.6. The summed E-state index contributed by atoms with van der Waals surface area (Å²) in [6.45, 7) is 1.90. The van der Waals surface area contributed by atoms with Gasteiger partial charge < -0.3 is 5.11 Å². The highest BCUT2D eigenvalue weighted by Gasteiger charge is 2.19. The molecule has 17 heavy (non-hydrogen) atoms. The van der Waals surface area contributed by atoms with Gasteiger partial charge in [0.1, 0.15) is 5.75 Å². The molecule has 85 valence electrons. The van der Waals surface area contributed by atoms with E-state index in [9.17, 15) is 5.11 Å². The van der Waals surface area contributed by atoms with E-state index in [1.807, 2.05) is 38.7 Å².